The monoisotopic (exact) mass is 310 g/mol. The number of phenolic OH excluding ortho intramolecular Hbond substituents is 1. The van der Waals surface area contributed by atoms with Crippen LogP contribution < -0.4 is 0 Å². The molecule has 1 saturated heterocycles. The zero-order chi connectivity index (χ0) is 16.1. The van der Waals surface area contributed by atoms with Gasteiger partial charge >= 0.3 is 0 Å². The molecule has 0 spiro atoms. The SMILES string of the molecule is CN1CCN(CCCc2ccc(-c3ccc(O)cc3)cc2)CC1. The Hall–Kier alpha value is -1.84. The third kappa shape index (κ3) is 4.57. The van der Waals surface area contributed by atoms with E-state index in [0.717, 1.165) is 12.0 Å². The van der Waals surface area contributed by atoms with Crippen LogP contribution in [0.4, 0.5) is 0 Å². The molecule has 3 nitrogen and oxygen atoms in total. The van der Waals surface area contributed by atoms with Crippen molar-refractivity contribution in [1.29, 1.82) is 0 Å². The molecule has 2 aromatic rings. The highest BCUT2D eigenvalue weighted by molar-refractivity contribution is 5.64. The molecule has 2 aromatic carbocycles. The second kappa shape index (κ2) is 7.62. The van der Waals surface area contributed by atoms with E-state index in [1.807, 2.05) is 12.1 Å². The summed E-state index contributed by atoms with van der Waals surface area (Å²) in [4.78, 5) is 4.98. The fourth-order valence-corrected chi connectivity index (χ4v) is 3.10. The van der Waals surface area contributed by atoms with Crippen molar-refractivity contribution >= 4 is 0 Å². The van der Waals surface area contributed by atoms with E-state index < -0.39 is 0 Å². The number of piperazine rings is 1. The minimum absolute atomic E-state index is 0.314. The van der Waals surface area contributed by atoms with Crippen LogP contribution in [0.25, 0.3) is 11.1 Å². The first kappa shape index (κ1) is 16.0. The van der Waals surface area contributed by atoms with E-state index in [9.17, 15) is 5.11 Å². The van der Waals surface area contributed by atoms with Crippen LogP contribution in [0.3, 0.4) is 0 Å². The first-order valence-corrected chi connectivity index (χ1v) is 8.50. The number of benzene rings is 2. The van der Waals surface area contributed by atoms with Crippen molar-refractivity contribution < 1.29 is 5.11 Å². The molecule has 3 heteroatoms. The normalized spacial score (nSPS) is 16.6. The van der Waals surface area contributed by atoms with Crippen molar-refractivity contribution in [1.82, 2.24) is 9.80 Å². The molecule has 0 aliphatic carbocycles. The van der Waals surface area contributed by atoms with E-state index in [1.54, 1.807) is 12.1 Å². The number of hydrogen-bond acceptors (Lipinski definition) is 3. The van der Waals surface area contributed by atoms with Crippen molar-refractivity contribution in [2.75, 3.05) is 39.8 Å². The number of aryl methyl sites for hydroxylation is 1. The number of hydrogen-bond donors (Lipinski definition) is 1. The average Bonchev–Trinajstić information content (AvgIpc) is 2.58. The molecule has 1 heterocycles. The van der Waals surface area contributed by atoms with Crippen molar-refractivity contribution in [2.45, 2.75) is 12.8 Å². The summed E-state index contributed by atoms with van der Waals surface area (Å²) in [5.74, 6) is 0.314. The molecule has 0 aromatic heterocycles. The minimum atomic E-state index is 0.314. The fourth-order valence-electron chi connectivity index (χ4n) is 3.10. The molecular formula is C20H26N2O. The molecule has 0 radical (unpaired) electrons. The second-order valence-corrected chi connectivity index (χ2v) is 6.49. The first-order valence-electron chi connectivity index (χ1n) is 8.50. The van der Waals surface area contributed by atoms with Gasteiger partial charge in [0, 0.05) is 26.2 Å². The van der Waals surface area contributed by atoms with E-state index in [1.165, 1.54) is 50.3 Å². The van der Waals surface area contributed by atoms with Gasteiger partial charge in [0.15, 0.2) is 0 Å². The van der Waals surface area contributed by atoms with E-state index >= 15 is 0 Å². The Morgan fingerprint density at radius 3 is 2.00 bits per heavy atom. The van der Waals surface area contributed by atoms with Crippen molar-refractivity contribution in [3.63, 3.8) is 0 Å². The Labute approximate surface area is 139 Å². The fraction of sp³-hybridized carbons (Fsp3) is 0.400. The predicted octanol–water partition coefficient (Wildman–Crippen LogP) is 3.24. The molecule has 1 aliphatic rings. The van der Waals surface area contributed by atoms with Crippen LogP contribution in [0.15, 0.2) is 48.5 Å². The third-order valence-electron chi connectivity index (χ3n) is 4.69. The summed E-state index contributed by atoms with van der Waals surface area (Å²) >= 11 is 0. The smallest absolute Gasteiger partial charge is 0.115 e. The summed E-state index contributed by atoms with van der Waals surface area (Å²) in [7, 11) is 2.20. The standard InChI is InChI=1S/C20H26N2O/c1-21-13-15-22(16-14-21)12-2-3-17-4-6-18(7-5-17)19-8-10-20(23)11-9-19/h4-11,23H,2-3,12-16H2,1H3. The molecule has 122 valence electrons. The Bertz CT molecular complexity index is 599. The van der Waals surface area contributed by atoms with Crippen LogP contribution in [-0.4, -0.2) is 54.7 Å². The largest absolute Gasteiger partial charge is 0.508 e. The molecule has 23 heavy (non-hydrogen) atoms. The highest BCUT2D eigenvalue weighted by Gasteiger charge is 2.12. The van der Waals surface area contributed by atoms with Crippen LogP contribution in [0.1, 0.15) is 12.0 Å². The summed E-state index contributed by atoms with van der Waals surface area (Å²) in [5.41, 5.74) is 3.75. The number of aromatic hydroxyl groups is 1. The number of nitrogens with zero attached hydrogens (tertiary/aromatic N) is 2. The van der Waals surface area contributed by atoms with E-state index in [4.69, 9.17) is 0 Å². The topological polar surface area (TPSA) is 26.7 Å². The van der Waals surface area contributed by atoms with Crippen LogP contribution in [0.5, 0.6) is 5.75 Å². The highest BCUT2D eigenvalue weighted by Crippen LogP contribution is 2.22. The van der Waals surface area contributed by atoms with Crippen molar-refractivity contribution in [2.24, 2.45) is 0 Å². The molecule has 0 saturated carbocycles. The maximum absolute atomic E-state index is 9.36. The lowest BCUT2D eigenvalue weighted by Gasteiger charge is -2.32. The zero-order valence-corrected chi connectivity index (χ0v) is 13.9. The Morgan fingerprint density at radius 1 is 0.826 bits per heavy atom. The van der Waals surface area contributed by atoms with Gasteiger partial charge in [-0.1, -0.05) is 36.4 Å². The van der Waals surface area contributed by atoms with Gasteiger partial charge in [-0.15, -0.1) is 0 Å². The van der Waals surface area contributed by atoms with Gasteiger partial charge in [-0.3, -0.25) is 0 Å². The summed E-state index contributed by atoms with van der Waals surface area (Å²) in [6, 6.07) is 16.2. The predicted molar refractivity (Wildman–Crippen MR) is 95.8 cm³/mol. The lowest BCUT2D eigenvalue weighted by Crippen LogP contribution is -2.44. The van der Waals surface area contributed by atoms with Gasteiger partial charge in [0.25, 0.3) is 0 Å². The lowest BCUT2D eigenvalue weighted by atomic mass is 10.0. The van der Waals surface area contributed by atoms with Gasteiger partial charge in [0.05, 0.1) is 0 Å². The molecule has 1 aliphatic heterocycles. The van der Waals surface area contributed by atoms with Gasteiger partial charge in [-0.05, 0) is 55.3 Å². The van der Waals surface area contributed by atoms with E-state index in [-0.39, 0.29) is 0 Å². The van der Waals surface area contributed by atoms with Gasteiger partial charge in [-0.25, -0.2) is 0 Å². The Balaban J connectivity index is 1.49. The maximum atomic E-state index is 9.36. The maximum Gasteiger partial charge on any atom is 0.115 e. The van der Waals surface area contributed by atoms with Gasteiger partial charge in [-0.2, -0.15) is 0 Å². The van der Waals surface area contributed by atoms with Gasteiger partial charge in [0.2, 0.25) is 0 Å². The zero-order valence-electron chi connectivity index (χ0n) is 13.9. The van der Waals surface area contributed by atoms with E-state index in [2.05, 4.69) is 41.1 Å². The summed E-state index contributed by atoms with van der Waals surface area (Å²) in [5, 5.41) is 9.36. The molecule has 0 unspecified atom stereocenters. The quantitative estimate of drug-likeness (QED) is 0.918. The summed E-state index contributed by atoms with van der Waals surface area (Å²) in [6.07, 6.45) is 2.37. The minimum Gasteiger partial charge on any atom is -0.508 e. The molecule has 0 amide bonds. The van der Waals surface area contributed by atoms with Crippen molar-refractivity contribution in [3.8, 4) is 16.9 Å². The highest BCUT2D eigenvalue weighted by atomic mass is 16.3. The van der Waals surface area contributed by atoms with Crippen LogP contribution in [0, 0.1) is 0 Å². The average molecular weight is 310 g/mol. The molecule has 1 N–H and O–H groups in total. The van der Waals surface area contributed by atoms with E-state index in [0.29, 0.717) is 5.75 Å². The first-order chi connectivity index (χ1) is 11.2. The summed E-state index contributed by atoms with van der Waals surface area (Å²) < 4.78 is 0. The number of phenols is 1. The molecule has 0 bridgehead atoms. The van der Waals surface area contributed by atoms with Crippen LogP contribution in [-0.2, 0) is 6.42 Å². The Morgan fingerprint density at radius 2 is 1.39 bits per heavy atom. The Kier molecular flexibility index (Phi) is 5.31. The number of likely N-dealkylation sites (N-methyl/N-ethyl adjacent to an activating group) is 1. The molecule has 3 rings (SSSR count). The molecule has 0 atom stereocenters. The third-order valence-corrected chi connectivity index (χ3v) is 4.69. The second-order valence-electron chi connectivity index (χ2n) is 6.49. The molecule has 1 fully saturated rings. The van der Waals surface area contributed by atoms with Gasteiger partial charge < -0.3 is 14.9 Å². The molecular weight excluding hydrogens is 284 g/mol. The van der Waals surface area contributed by atoms with Crippen molar-refractivity contribution in [3.05, 3.63) is 54.1 Å². The summed E-state index contributed by atoms with van der Waals surface area (Å²) in [6.45, 7) is 6.00. The van der Waals surface area contributed by atoms with Gasteiger partial charge in [0.1, 0.15) is 5.75 Å². The van der Waals surface area contributed by atoms with Crippen LogP contribution >= 0.6 is 0 Å². The number of rotatable bonds is 5. The lowest BCUT2D eigenvalue weighted by molar-refractivity contribution is 0.153. The van der Waals surface area contributed by atoms with Crippen LogP contribution in [0.2, 0.25) is 0 Å².